The topological polar surface area (TPSA) is 210 Å². The first-order valence-electron chi connectivity index (χ1n) is 33.4. The zero-order chi connectivity index (χ0) is 72.2. The van der Waals surface area contributed by atoms with Crippen LogP contribution in [-0.2, 0) is 84.3 Å². The molecule has 12 aromatic heterocycles. The molecule has 0 aliphatic heterocycles. The van der Waals surface area contributed by atoms with Gasteiger partial charge in [0.05, 0.1) is 62.8 Å². The number of rotatable bonds is 16. The monoisotopic (exact) mass is 2220 g/mol. The molecule has 26 heteroatoms. The number of oxazole rings is 1. The molecule has 0 N–H and O–H groups in total. The Hall–Kier alpha value is -12.0. The van der Waals surface area contributed by atoms with Crippen LogP contribution in [0.4, 0.5) is 0 Å². The summed E-state index contributed by atoms with van der Waals surface area (Å²) < 4.78 is 46.4. The van der Waals surface area contributed by atoms with Crippen LogP contribution in [0.3, 0.4) is 0 Å². The summed E-state index contributed by atoms with van der Waals surface area (Å²) in [6.45, 7) is 0. The number of benzene rings is 8. The van der Waals surface area contributed by atoms with Crippen LogP contribution in [0.5, 0.6) is 46.0 Å². The standard InChI is InChI=1S/C22H13N3O2.C22H13N3OS.C21H12N4O2.C21H12N4OS.4Pt/c1-2-11-25-18(7-1)15-24-21(25)16-5-3-8-19(13-16)27-20-9-4-6-17(14-20)22-23-10-12-26-22;1-2-11-25-18(7-1)15-24-21(25)16-5-3-8-19(13-16)26-20-9-4-6-17(14-20)22-23-10-12-27-22;2*1-2-10-25-17(7-1)13-22-20(25)15-5-3-8-18(11-15)26-19-9-4-6-16(12-19)21-23-14-24-27-21;;;;/h2*1-12,15H;2*1-10,13-14H;;;;/q4*-2;4*+2. The molecule has 0 spiro atoms. The van der Waals surface area contributed by atoms with Gasteiger partial charge in [-0.05, 0) is 48.5 Å². The molecule has 0 saturated carbocycles. The molecule has 20 nitrogen and oxygen atoms in total. The smallest absolute Gasteiger partial charge is 0.497 e. The summed E-state index contributed by atoms with van der Waals surface area (Å²) in [5.74, 6) is 8.86. The van der Waals surface area contributed by atoms with Gasteiger partial charge in [-0.25, -0.2) is 4.98 Å². The Bertz CT molecular complexity index is 5650. The van der Waals surface area contributed by atoms with E-state index in [0.29, 0.717) is 63.3 Å². The van der Waals surface area contributed by atoms with Gasteiger partial charge in [0.2, 0.25) is 0 Å². The first-order valence-corrected chi connectivity index (χ1v) is 35.1. The number of hydrogen-bond acceptors (Lipinski definition) is 18. The van der Waals surface area contributed by atoms with Crippen LogP contribution in [0.1, 0.15) is 0 Å². The molecule has 112 heavy (non-hydrogen) atoms. The van der Waals surface area contributed by atoms with Gasteiger partial charge in [0, 0.05) is 112 Å². The van der Waals surface area contributed by atoms with Crippen LogP contribution in [0.15, 0.2) is 314 Å². The van der Waals surface area contributed by atoms with Gasteiger partial charge in [-0.2, -0.15) is 15.7 Å². The van der Waals surface area contributed by atoms with Gasteiger partial charge in [0.1, 0.15) is 18.5 Å². The van der Waals surface area contributed by atoms with Crippen molar-refractivity contribution in [3.63, 3.8) is 0 Å². The number of aromatic nitrogens is 14. The summed E-state index contributed by atoms with van der Waals surface area (Å²) in [6.07, 6.45) is 23.1. The normalized spacial score (nSPS) is 10.6. The second-order valence-corrected chi connectivity index (χ2v) is 25.0. The minimum Gasteiger partial charge on any atom is -0.497 e. The number of ether oxygens (including phenoxy) is 4. The van der Waals surface area contributed by atoms with E-state index >= 15 is 0 Å². The third kappa shape index (κ3) is 18.4. The van der Waals surface area contributed by atoms with Gasteiger partial charge in [-0.15, -0.1) is 179 Å². The Morgan fingerprint density at radius 2 is 0.634 bits per heavy atom. The summed E-state index contributed by atoms with van der Waals surface area (Å²) in [4.78, 5) is 34.8. The van der Waals surface area contributed by atoms with E-state index in [0.717, 1.165) is 94.3 Å². The van der Waals surface area contributed by atoms with E-state index in [1.807, 2.05) is 291 Å². The number of nitrogens with zero attached hydrogens (tertiary/aromatic N) is 14. The molecular weight excluding hydrogens is 2170 g/mol. The van der Waals surface area contributed by atoms with Crippen molar-refractivity contribution in [3.8, 4) is 136 Å². The molecule has 0 saturated heterocycles. The van der Waals surface area contributed by atoms with Crippen molar-refractivity contribution in [2.75, 3.05) is 0 Å². The van der Waals surface area contributed by atoms with Crippen molar-refractivity contribution in [1.29, 1.82) is 0 Å². The average Bonchev–Trinajstić information content (AvgIpc) is 1.72. The number of thiazole rings is 1. The van der Waals surface area contributed by atoms with E-state index in [1.165, 1.54) is 30.5 Å². The third-order valence-electron chi connectivity index (χ3n) is 16.3. The van der Waals surface area contributed by atoms with Gasteiger partial charge in [0.15, 0.2) is 5.89 Å². The Morgan fingerprint density at radius 1 is 0.295 bits per heavy atom. The van der Waals surface area contributed by atoms with Crippen LogP contribution in [0.25, 0.3) is 112 Å². The second-order valence-electron chi connectivity index (χ2n) is 23.3. The average molecular weight is 2220 g/mol. The molecule has 20 aromatic rings. The summed E-state index contributed by atoms with van der Waals surface area (Å²) in [7, 11) is 0. The zero-order valence-electron chi connectivity index (χ0n) is 57.7. The van der Waals surface area contributed by atoms with Crippen LogP contribution < -0.4 is 18.9 Å². The molecule has 12 heterocycles. The van der Waals surface area contributed by atoms with Crippen LogP contribution >= 0.6 is 22.9 Å². The predicted octanol–water partition coefficient (Wildman–Crippen LogP) is 19.9. The summed E-state index contributed by atoms with van der Waals surface area (Å²) in [5, 5.41) is 7.29. The van der Waals surface area contributed by atoms with Gasteiger partial charge in [-0.1, -0.05) is 101 Å². The van der Waals surface area contributed by atoms with Crippen molar-refractivity contribution in [2.24, 2.45) is 0 Å². The molecule has 20 rings (SSSR count). The van der Waals surface area contributed by atoms with Crippen molar-refractivity contribution in [2.45, 2.75) is 0 Å². The van der Waals surface area contributed by atoms with Crippen LogP contribution in [0.2, 0.25) is 0 Å². The van der Waals surface area contributed by atoms with Gasteiger partial charge in [-0.3, -0.25) is 34.9 Å². The van der Waals surface area contributed by atoms with Gasteiger partial charge < -0.3 is 45.5 Å². The fourth-order valence-corrected chi connectivity index (χ4v) is 12.5. The first kappa shape index (κ1) is 78.1. The number of hydrogen-bond donors (Lipinski definition) is 0. The minimum absolute atomic E-state index is 0. The maximum absolute atomic E-state index is 6.00. The predicted molar refractivity (Wildman–Crippen MR) is 408 cm³/mol. The van der Waals surface area contributed by atoms with E-state index < -0.39 is 0 Å². The van der Waals surface area contributed by atoms with Gasteiger partial charge in [0.25, 0.3) is 0 Å². The van der Waals surface area contributed by atoms with Crippen molar-refractivity contribution < 1.29 is 112 Å². The van der Waals surface area contributed by atoms with E-state index in [1.54, 1.807) is 23.7 Å². The van der Waals surface area contributed by atoms with E-state index in [9.17, 15) is 0 Å². The number of fused-ring (bicyclic) bond motifs is 4. The molecule has 0 radical (unpaired) electrons. The molecule has 0 amide bonds. The Kier molecular flexibility index (Phi) is 25.9. The molecule has 552 valence electrons. The fraction of sp³-hybridized carbons (Fsp3) is 0. The van der Waals surface area contributed by atoms with Crippen molar-refractivity contribution >= 4 is 44.9 Å². The fourth-order valence-electron chi connectivity index (χ4n) is 11.4. The zero-order valence-corrected chi connectivity index (χ0v) is 68.4. The van der Waals surface area contributed by atoms with Crippen LogP contribution in [-0.4, -0.2) is 67.0 Å². The third-order valence-corrected chi connectivity index (χ3v) is 17.8. The summed E-state index contributed by atoms with van der Waals surface area (Å²) >= 11 is 2.90. The van der Waals surface area contributed by atoms with Crippen molar-refractivity contribution in [3.05, 3.63) is 353 Å². The molecular formula is C86H50N14O6Pt4S2. The summed E-state index contributed by atoms with van der Waals surface area (Å²) in [5.41, 5.74) is 10.7. The molecule has 0 aliphatic rings. The largest absolute Gasteiger partial charge is 2.00 e. The first-order chi connectivity index (χ1) is 53.5. The van der Waals surface area contributed by atoms with E-state index in [2.05, 4.69) is 97.9 Å². The molecule has 0 atom stereocenters. The second kappa shape index (κ2) is 37.1. The molecule has 0 unspecified atom stereocenters. The minimum atomic E-state index is 0. The molecule has 0 bridgehead atoms. The molecule has 0 aliphatic carbocycles. The Balaban J connectivity index is 0.000000129. The molecule has 8 aromatic carbocycles. The number of pyridine rings is 4. The maximum atomic E-state index is 6.00. The van der Waals surface area contributed by atoms with Gasteiger partial charge >= 0.3 is 84.3 Å². The summed E-state index contributed by atoms with van der Waals surface area (Å²) in [6, 6.07) is 95.4. The Morgan fingerprint density at radius 3 is 0.955 bits per heavy atom. The Labute approximate surface area is 706 Å². The quantitative estimate of drug-likeness (QED) is 0.0824. The SMILES string of the molecule is [Pt+2].[Pt+2].[Pt+2].[Pt+2].[c-]1c(Oc2[c-]c(-c3ncc4ccccn34)ccc2)cccc1-c1ncco1.[c-]1c(Oc2[c-]c(-c3ncc4ccccn34)ccc2)cccc1-c1nccs1.[c-]1c(Oc2[c-]c(-c3ncc4ccccn34)ccc2)cccc1-c1ncno1.[c-]1c(Oc2[c-]c(-c3ncc4ccccn34)ccc2)cccc1-c1ncns1. The molecule has 0 fully saturated rings. The maximum Gasteiger partial charge on any atom is 2.00 e. The van der Waals surface area contributed by atoms with Crippen molar-refractivity contribution in [1.82, 2.24) is 67.0 Å². The van der Waals surface area contributed by atoms with E-state index in [-0.39, 0.29) is 84.3 Å². The van der Waals surface area contributed by atoms with Crippen LogP contribution in [0, 0.1) is 48.5 Å². The number of imidazole rings is 4. The van der Waals surface area contributed by atoms with E-state index in [4.69, 9.17) is 27.9 Å².